The molecule has 0 saturated carbocycles. The van der Waals surface area contributed by atoms with Gasteiger partial charge in [0, 0.05) is 19.6 Å². The Balaban J connectivity index is 1.46. The van der Waals surface area contributed by atoms with E-state index in [1.165, 1.54) is 19.4 Å². The van der Waals surface area contributed by atoms with Gasteiger partial charge in [0.15, 0.2) is 0 Å². The maximum absolute atomic E-state index is 5.69. The average Bonchev–Trinajstić information content (AvgIpc) is 2.45. The van der Waals surface area contributed by atoms with E-state index in [-0.39, 0.29) is 0 Å². The van der Waals surface area contributed by atoms with Crippen molar-refractivity contribution >= 4 is 0 Å². The number of rotatable bonds is 7. The van der Waals surface area contributed by atoms with Crippen molar-refractivity contribution in [3.63, 3.8) is 0 Å². The highest BCUT2D eigenvalue weighted by Gasteiger charge is 2.12. The van der Waals surface area contributed by atoms with E-state index >= 15 is 0 Å². The fraction of sp³-hybridized carbons (Fsp3) is 0.600. The SMILES string of the molecule is c1ccc(OCCCOCC2CCCNC2)cc1. The van der Waals surface area contributed by atoms with Gasteiger partial charge in [-0.2, -0.15) is 0 Å². The first-order valence-corrected chi connectivity index (χ1v) is 6.91. The molecule has 0 radical (unpaired) electrons. The second-order valence-electron chi connectivity index (χ2n) is 4.80. The summed E-state index contributed by atoms with van der Waals surface area (Å²) in [5.41, 5.74) is 0. The van der Waals surface area contributed by atoms with E-state index in [9.17, 15) is 0 Å². The maximum Gasteiger partial charge on any atom is 0.119 e. The first kappa shape index (κ1) is 13.4. The predicted molar refractivity (Wildman–Crippen MR) is 73.0 cm³/mol. The Hall–Kier alpha value is -1.06. The van der Waals surface area contributed by atoms with Crippen molar-refractivity contribution in [1.29, 1.82) is 0 Å². The molecular formula is C15H23NO2. The zero-order chi connectivity index (χ0) is 12.5. The summed E-state index contributed by atoms with van der Waals surface area (Å²) in [4.78, 5) is 0. The van der Waals surface area contributed by atoms with Gasteiger partial charge in [0.25, 0.3) is 0 Å². The lowest BCUT2D eigenvalue weighted by atomic mass is 10.0. The number of hydrogen-bond acceptors (Lipinski definition) is 3. The van der Waals surface area contributed by atoms with E-state index < -0.39 is 0 Å². The number of piperidine rings is 1. The summed E-state index contributed by atoms with van der Waals surface area (Å²) in [6.07, 6.45) is 3.54. The molecule has 0 spiro atoms. The van der Waals surface area contributed by atoms with Crippen molar-refractivity contribution in [1.82, 2.24) is 5.32 Å². The summed E-state index contributed by atoms with van der Waals surface area (Å²) >= 11 is 0. The molecule has 1 aromatic carbocycles. The third kappa shape index (κ3) is 5.07. The number of nitrogens with one attached hydrogen (secondary N) is 1. The Morgan fingerprint density at radius 3 is 2.83 bits per heavy atom. The van der Waals surface area contributed by atoms with Gasteiger partial charge in [0.05, 0.1) is 13.2 Å². The van der Waals surface area contributed by atoms with Crippen LogP contribution >= 0.6 is 0 Å². The molecule has 1 atom stereocenters. The molecule has 3 nitrogen and oxygen atoms in total. The Morgan fingerprint density at radius 1 is 1.17 bits per heavy atom. The molecule has 18 heavy (non-hydrogen) atoms. The van der Waals surface area contributed by atoms with Crippen molar-refractivity contribution in [2.75, 3.05) is 32.9 Å². The molecule has 1 fully saturated rings. The van der Waals surface area contributed by atoms with Gasteiger partial charge < -0.3 is 14.8 Å². The lowest BCUT2D eigenvalue weighted by Crippen LogP contribution is -2.32. The van der Waals surface area contributed by atoms with Gasteiger partial charge in [0.2, 0.25) is 0 Å². The van der Waals surface area contributed by atoms with Crippen LogP contribution in [0.15, 0.2) is 30.3 Å². The van der Waals surface area contributed by atoms with Gasteiger partial charge in [-0.25, -0.2) is 0 Å². The lowest BCUT2D eigenvalue weighted by Gasteiger charge is -2.22. The quantitative estimate of drug-likeness (QED) is 0.753. The third-order valence-corrected chi connectivity index (χ3v) is 3.20. The van der Waals surface area contributed by atoms with Gasteiger partial charge >= 0.3 is 0 Å². The minimum Gasteiger partial charge on any atom is -0.494 e. The number of hydrogen-bond donors (Lipinski definition) is 1. The van der Waals surface area contributed by atoms with Gasteiger partial charge in [-0.05, 0) is 37.4 Å². The Bertz CT molecular complexity index is 310. The van der Waals surface area contributed by atoms with Crippen LogP contribution in [-0.2, 0) is 4.74 Å². The molecule has 0 bridgehead atoms. The molecule has 1 N–H and O–H groups in total. The highest BCUT2D eigenvalue weighted by molar-refractivity contribution is 5.20. The zero-order valence-electron chi connectivity index (χ0n) is 10.9. The molecule has 1 heterocycles. The number of para-hydroxylation sites is 1. The summed E-state index contributed by atoms with van der Waals surface area (Å²) in [6.45, 7) is 4.69. The molecule has 1 aliphatic heterocycles. The van der Waals surface area contributed by atoms with Gasteiger partial charge in [-0.15, -0.1) is 0 Å². The monoisotopic (exact) mass is 249 g/mol. The standard InChI is InChI=1S/C15H23NO2/c1-2-7-15(8-3-1)18-11-5-10-17-13-14-6-4-9-16-12-14/h1-3,7-8,14,16H,4-6,9-13H2. The molecule has 0 amide bonds. The number of benzene rings is 1. The number of ether oxygens (including phenoxy) is 2. The highest BCUT2D eigenvalue weighted by atomic mass is 16.5. The first-order valence-electron chi connectivity index (χ1n) is 6.91. The van der Waals surface area contributed by atoms with Crippen LogP contribution in [0.25, 0.3) is 0 Å². The minimum absolute atomic E-state index is 0.703. The molecule has 0 aromatic heterocycles. The van der Waals surface area contributed by atoms with E-state index in [4.69, 9.17) is 9.47 Å². The van der Waals surface area contributed by atoms with E-state index in [2.05, 4.69) is 5.32 Å². The van der Waals surface area contributed by atoms with Gasteiger partial charge in [-0.1, -0.05) is 18.2 Å². The van der Waals surface area contributed by atoms with Crippen molar-refractivity contribution in [2.24, 2.45) is 5.92 Å². The Labute approximate surface area is 109 Å². The summed E-state index contributed by atoms with van der Waals surface area (Å²) in [5.74, 6) is 1.64. The third-order valence-electron chi connectivity index (χ3n) is 3.20. The van der Waals surface area contributed by atoms with Crippen LogP contribution in [0.1, 0.15) is 19.3 Å². The molecule has 1 aromatic rings. The molecule has 1 unspecified atom stereocenters. The van der Waals surface area contributed by atoms with Crippen LogP contribution in [-0.4, -0.2) is 32.9 Å². The van der Waals surface area contributed by atoms with Crippen molar-refractivity contribution in [2.45, 2.75) is 19.3 Å². The minimum atomic E-state index is 0.703. The molecule has 2 rings (SSSR count). The molecule has 0 aliphatic carbocycles. The van der Waals surface area contributed by atoms with Crippen LogP contribution in [0, 0.1) is 5.92 Å². The molecule has 100 valence electrons. The Morgan fingerprint density at radius 2 is 2.06 bits per heavy atom. The predicted octanol–water partition coefficient (Wildman–Crippen LogP) is 2.47. The second-order valence-corrected chi connectivity index (χ2v) is 4.80. The lowest BCUT2D eigenvalue weighted by molar-refractivity contribution is 0.0807. The Kier molecular flexibility index (Phi) is 6.03. The second kappa shape index (κ2) is 8.11. The topological polar surface area (TPSA) is 30.5 Å². The smallest absolute Gasteiger partial charge is 0.119 e. The summed E-state index contributed by atoms with van der Waals surface area (Å²) < 4.78 is 11.3. The van der Waals surface area contributed by atoms with Crippen LogP contribution in [0.5, 0.6) is 5.75 Å². The largest absolute Gasteiger partial charge is 0.494 e. The van der Waals surface area contributed by atoms with Crippen molar-refractivity contribution in [3.05, 3.63) is 30.3 Å². The average molecular weight is 249 g/mol. The van der Waals surface area contributed by atoms with Crippen LogP contribution in [0.2, 0.25) is 0 Å². The fourth-order valence-corrected chi connectivity index (χ4v) is 2.18. The van der Waals surface area contributed by atoms with E-state index in [1.54, 1.807) is 0 Å². The van der Waals surface area contributed by atoms with Crippen LogP contribution in [0.3, 0.4) is 0 Å². The highest BCUT2D eigenvalue weighted by Crippen LogP contribution is 2.10. The van der Waals surface area contributed by atoms with E-state index in [1.807, 2.05) is 30.3 Å². The molecule has 1 aliphatic rings. The fourth-order valence-electron chi connectivity index (χ4n) is 2.18. The van der Waals surface area contributed by atoms with Crippen molar-refractivity contribution < 1.29 is 9.47 Å². The first-order chi connectivity index (χ1) is 8.95. The zero-order valence-corrected chi connectivity index (χ0v) is 10.9. The molecular weight excluding hydrogens is 226 g/mol. The van der Waals surface area contributed by atoms with E-state index in [0.717, 1.165) is 38.5 Å². The van der Waals surface area contributed by atoms with Gasteiger partial charge in [0.1, 0.15) is 5.75 Å². The van der Waals surface area contributed by atoms with E-state index in [0.29, 0.717) is 5.92 Å². The molecule has 3 heteroatoms. The van der Waals surface area contributed by atoms with Gasteiger partial charge in [-0.3, -0.25) is 0 Å². The molecule has 1 saturated heterocycles. The maximum atomic E-state index is 5.69. The summed E-state index contributed by atoms with van der Waals surface area (Å²) in [7, 11) is 0. The summed E-state index contributed by atoms with van der Waals surface area (Å²) in [6, 6.07) is 9.93. The van der Waals surface area contributed by atoms with Crippen LogP contribution < -0.4 is 10.1 Å². The van der Waals surface area contributed by atoms with Crippen molar-refractivity contribution in [3.8, 4) is 5.75 Å². The summed E-state index contributed by atoms with van der Waals surface area (Å²) in [5, 5.41) is 3.40. The van der Waals surface area contributed by atoms with Crippen LogP contribution in [0.4, 0.5) is 0 Å². The normalized spacial score (nSPS) is 19.7.